The molecule has 106 valence electrons. The molecule has 1 saturated heterocycles. The predicted molar refractivity (Wildman–Crippen MR) is 70.6 cm³/mol. The lowest BCUT2D eigenvalue weighted by Crippen LogP contribution is -2.33. The molecule has 1 aliphatic heterocycles. The van der Waals surface area contributed by atoms with Crippen LogP contribution in [-0.2, 0) is 11.3 Å². The van der Waals surface area contributed by atoms with Crippen molar-refractivity contribution in [3.05, 3.63) is 5.89 Å². The van der Waals surface area contributed by atoms with Crippen molar-refractivity contribution in [3.8, 4) is 0 Å². The molecule has 2 rings (SSSR count). The van der Waals surface area contributed by atoms with Gasteiger partial charge >= 0.3 is 6.01 Å². The Balaban J connectivity index is 1.71. The van der Waals surface area contributed by atoms with E-state index < -0.39 is 0 Å². The zero-order valence-corrected chi connectivity index (χ0v) is 11.3. The Labute approximate surface area is 112 Å². The molecule has 2 N–H and O–H groups in total. The summed E-state index contributed by atoms with van der Waals surface area (Å²) in [6.07, 6.45) is 3.25. The average Bonchev–Trinajstić information content (AvgIpc) is 3.08. The van der Waals surface area contributed by atoms with Gasteiger partial charge in [0.2, 0.25) is 11.8 Å². The van der Waals surface area contributed by atoms with Crippen LogP contribution in [0.3, 0.4) is 0 Å². The third-order valence-electron chi connectivity index (χ3n) is 3.02. The Morgan fingerprint density at radius 3 is 2.89 bits per heavy atom. The van der Waals surface area contributed by atoms with Crippen molar-refractivity contribution in [2.24, 2.45) is 0 Å². The molecule has 19 heavy (non-hydrogen) atoms. The molecule has 1 fully saturated rings. The van der Waals surface area contributed by atoms with E-state index >= 15 is 0 Å². The highest BCUT2D eigenvalue weighted by Gasteiger charge is 2.18. The lowest BCUT2D eigenvalue weighted by molar-refractivity contribution is -0.128. The second-order valence-corrected chi connectivity index (χ2v) is 4.62. The van der Waals surface area contributed by atoms with Crippen LogP contribution in [0.15, 0.2) is 4.42 Å². The largest absolute Gasteiger partial charge is 0.407 e. The number of amides is 1. The molecule has 1 aliphatic rings. The van der Waals surface area contributed by atoms with Crippen LogP contribution in [0.1, 0.15) is 32.1 Å². The minimum atomic E-state index is 0.0846. The van der Waals surface area contributed by atoms with Crippen LogP contribution in [0.2, 0.25) is 0 Å². The van der Waals surface area contributed by atoms with Gasteiger partial charge in [0.15, 0.2) is 0 Å². The van der Waals surface area contributed by atoms with Gasteiger partial charge in [-0.25, -0.2) is 0 Å². The molecule has 0 atom stereocenters. The Kier molecular flexibility index (Phi) is 5.14. The van der Waals surface area contributed by atoms with Crippen LogP contribution < -0.4 is 10.6 Å². The molecule has 0 saturated carbocycles. The highest BCUT2D eigenvalue weighted by molar-refractivity contribution is 5.80. The quantitative estimate of drug-likeness (QED) is 0.704. The number of aromatic nitrogens is 2. The number of anilines is 1. The maximum absolute atomic E-state index is 11.8. The van der Waals surface area contributed by atoms with Crippen LogP contribution in [-0.4, -0.2) is 47.2 Å². The van der Waals surface area contributed by atoms with Crippen molar-refractivity contribution in [1.29, 1.82) is 0 Å². The molecule has 1 aromatic heterocycles. The fourth-order valence-electron chi connectivity index (χ4n) is 2.00. The highest BCUT2D eigenvalue weighted by atomic mass is 16.4. The van der Waals surface area contributed by atoms with E-state index in [-0.39, 0.29) is 12.5 Å². The first-order valence-electron chi connectivity index (χ1n) is 6.84. The fourth-order valence-corrected chi connectivity index (χ4v) is 2.00. The van der Waals surface area contributed by atoms with Crippen LogP contribution in [0.5, 0.6) is 0 Å². The number of rotatable bonds is 7. The van der Waals surface area contributed by atoms with E-state index in [1.54, 1.807) is 0 Å². The zero-order valence-electron chi connectivity index (χ0n) is 11.3. The fraction of sp³-hybridized carbons (Fsp3) is 0.750. The van der Waals surface area contributed by atoms with Gasteiger partial charge in [0.1, 0.15) is 0 Å². The number of nitrogens with one attached hydrogen (secondary N) is 2. The van der Waals surface area contributed by atoms with Crippen molar-refractivity contribution in [1.82, 2.24) is 20.4 Å². The number of hydrogen-bond acceptors (Lipinski definition) is 6. The van der Waals surface area contributed by atoms with Gasteiger partial charge < -0.3 is 20.0 Å². The van der Waals surface area contributed by atoms with Crippen LogP contribution >= 0.6 is 0 Å². The topological polar surface area (TPSA) is 83.3 Å². The van der Waals surface area contributed by atoms with Gasteiger partial charge in [-0.15, -0.1) is 5.10 Å². The molecule has 1 aromatic rings. The van der Waals surface area contributed by atoms with Gasteiger partial charge in [-0.05, 0) is 25.8 Å². The van der Waals surface area contributed by atoms with E-state index in [1.807, 2.05) is 4.90 Å². The summed E-state index contributed by atoms with van der Waals surface area (Å²) in [4.78, 5) is 13.7. The Bertz CT molecular complexity index is 401. The lowest BCUT2D eigenvalue weighted by Gasteiger charge is -2.14. The molecule has 0 radical (unpaired) electrons. The SMILES string of the molecule is CCCNCc1nnc(NCC(=O)N2CCCC2)o1. The molecule has 0 aliphatic carbocycles. The van der Waals surface area contributed by atoms with E-state index in [1.165, 1.54) is 0 Å². The Morgan fingerprint density at radius 2 is 2.16 bits per heavy atom. The summed E-state index contributed by atoms with van der Waals surface area (Å²) in [5.74, 6) is 0.617. The van der Waals surface area contributed by atoms with E-state index in [0.717, 1.165) is 38.9 Å². The van der Waals surface area contributed by atoms with Crippen molar-refractivity contribution in [2.45, 2.75) is 32.7 Å². The summed E-state index contributed by atoms with van der Waals surface area (Å²) in [6, 6.07) is 0.306. The predicted octanol–water partition coefficient (Wildman–Crippen LogP) is 0.603. The smallest absolute Gasteiger partial charge is 0.315 e. The summed E-state index contributed by atoms with van der Waals surface area (Å²) < 4.78 is 5.38. The molecule has 0 spiro atoms. The van der Waals surface area contributed by atoms with Crippen LogP contribution in [0.4, 0.5) is 6.01 Å². The third kappa shape index (κ3) is 4.20. The first-order chi connectivity index (χ1) is 9.29. The van der Waals surface area contributed by atoms with E-state index in [9.17, 15) is 4.79 Å². The first-order valence-corrected chi connectivity index (χ1v) is 6.84. The van der Waals surface area contributed by atoms with Crippen LogP contribution in [0.25, 0.3) is 0 Å². The van der Waals surface area contributed by atoms with Gasteiger partial charge in [-0.1, -0.05) is 12.0 Å². The van der Waals surface area contributed by atoms with Crippen molar-refractivity contribution in [2.75, 3.05) is 31.5 Å². The van der Waals surface area contributed by atoms with Crippen molar-refractivity contribution in [3.63, 3.8) is 0 Å². The maximum atomic E-state index is 11.8. The van der Waals surface area contributed by atoms with Gasteiger partial charge in [0, 0.05) is 13.1 Å². The summed E-state index contributed by atoms with van der Waals surface area (Å²) in [7, 11) is 0. The second-order valence-electron chi connectivity index (χ2n) is 4.62. The normalized spacial score (nSPS) is 14.9. The number of carbonyl (C=O) groups excluding carboxylic acids is 1. The molecule has 7 heteroatoms. The summed E-state index contributed by atoms with van der Waals surface area (Å²) in [5.41, 5.74) is 0. The van der Waals surface area contributed by atoms with Gasteiger partial charge in [-0.3, -0.25) is 4.79 Å². The van der Waals surface area contributed by atoms with Crippen LogP contribution in [0, 0.1) is 0 Å². The minimum absolute atomic E-state index is 0.0846. The van der Waals surface area contributed by atoms with Crippen molar-refractivity contribution < 1.29 is 9.21 Å². The van der Waals surface area contributed by atoms with Crippen molar-refractivity contribution >= 4 is 11.9 Å². The molecular formula is C12H21N5O2. The maximum Gasteiger partial charge on any atom is 0.315 e. The highest BCUT2D eigenvalue weighted by Crippen LogP contribution is 2.09. The monoisotopic (exact) mass is 267 g/mol. The van der Waals surface area contributed by atoms with Gasteiger partial charge in [0.05, 0.1) is 13.1 Å². The molecule has 0 aromatic carbocycles. The van der Waals surface area contributed by atoms with E-state index in [2.05, 4.69) is 27.8 Å². The second kappa shape index (κ2) is 7.08. The van der Waals surface area contributed by atoms with Gasteiger partial charge in [0.25, 0.3) is 0 Å². The number of carbonyl (C=O) groups is 1. The molecule has 0 unspecified atom stereocenters. The molecular weight excluding hydrogens is 246 g/mol. The summed E-state index contributed by atoms with van der Waals surface area (Å²) in [5, 5.41) is 13.8. The first kappa shape index (κ1) is 13.8. The Morgan fingerprint density at radius 1 is 1.37 bits per heavy atom. The minimum Gasteiger partial charge on any atom is -0.407 e. The number of hydrogen-bond donors (Lipinski definition) is 2. The molecule has 7 nitrogen and oxygen atoms in total. The lowest BCUT2D eigenvalue weighted by atomic mass is 10.4. The summed E-state index contributed by atoms with van der Waals surface area (Å²) >= 11 is 0. The third-order valence-corrected chi connectivity index (χ3v) is 3.02. The standard InChI is InChI=1S/C12H21N5O2/c1-2-5-13-8-10-15-16-12(19-10)14-9-11(18)17-6-3-4-7-17/h13H,2-9H2,1H3,(H,14,16). The Hall–Kier alpha value is -1.63. The molecule has 1 amide bonds. The average molecular weight is 267 g/mol. The number of nitrogens with zero attached hydrogens (tertiary/aromatic N) is 3. The van der Waals surface area contributed by atoms with Gasteiger partial charge in [-0.2, -0.15) is 0 Å². The van der Waals surface area contributed by atoms with E-state index in [4.69, 9.17) is 4.42 Å². The number of likely N-dealkylation sites (tertiary alicyclic amines) is 1. The van der Waals surface area contributed by atoms with E-state index in [0.29, 0.717) is 18.5 Å². The zero-order chi connectivity index (χ0) is 13.5. The molecule has 2 heterocycles. The summed E-state index contributed by atoms with van der Waals surface area (Å²) in [6.45, 7) is 5.50. The molecule has 0 bridgehead atoms.